The lowest BCUT2D eigenvalue weighted by molar-refractivity contribution is -0.385. The topological polar surface area (TPSA) is 118 Å². The van der Waals surface area contributed by atoms with Gasteiger partial charge in [0, 0.05) is 28.8 Å². The Kier molecular flexibility index (Phi) is 6.19. The van der Waals surface area contributed by atoms with Gasteiger partial charge in [0.05, 0.1) is 27.8 Å². The number of non-ortho nitro benzene ring substituents is 1. The lowest BCUT2D eigenvalue weighted by Crippen LogP contribution is -2.23. The summed E-state index contributed by atoms with van der Waals surface area (Å²) in [7, 11) is 0. The fourth-order valence-corrected chi connectivity index (χ4v) is 5.18. The number of halogens is 1. The molecule has 2 heterocycles. The minimum atomic E-state index is -0.543. The van der Waals surface area contributed by atoms with Gasteiger partial charge in [-0.25, -0.2) is 4.99 Å². The molecule has 10 heteroatoms. The van der Waals surface area contributed by atoms with Crippen LogP contribution in [-0.2, 0) is 19.4 Å². The Morgan fingerprint density at radius 3 is 2.94 bits per heavy atom. The third kappa shape index (κ3) is 4.54. The van der Waals surface area contributed by atoms with E-state index in [1.54, 1.807) is 18.4 Å². The van der Waals surface area contributed by atoms with Gasteiger partial charge in [-0.2, -0.15) is 0 Å². The first-order chi connectivity index (χ1) is 14.9. The Morgan fingerprint density at radius 1 is 1.39 bits per heavy atom. The molecule has 0 fully saturated rings. The number of carbonyl (C=O) groups excluding carboxylic acids is 1. The van der Waals surface area contributed by atoms with E-state index in [9.17, 15) is 20.0 Å². The Bertz CT molecular complexity index is 1170. The highest BCUT2D eigenvalue weighted by atomic mass is 79.9. The number of nitro benzene ring substituents is 1. The predicted octanol–water partition coefficient (Wildman–Crippen LogP) is 5.28. The molecule has 0 unspecified atom stereocenters. The van der Waals surface area contributed by atoms with E-state index in [1.165, 1.54) is 29.7 Å². The molecule has 2 aromatic heterocycles. The van der Waals surface area contributed by atoms with E-state index >= 15 is 0 Å². The first-order valence-electron chi connectivity index (χ1n) is 9.60. The van der Waals surface area contributed by atoms with E-state index in [2.05, 4.69) is 26.2 Å². The van der Waals surface area contributed by atoms with Crippen molar-refractivity contribution in [2.75, 3.05) is 0 Å². The number of aryl methyl sites for hydroxylation is 1. The number of aromatic hydroxyl groups is 1. The Labute approximate surface area is 189 Å². The van der Waals surface area contributed by atoms with Crippen molar-refractivity contribution in [2.24, 2.45) is 4.99 Å². The summed E-state index contributed by atoms with van der Waals surface area (Å²) in [4.78, 5) is 29.2. The molecule has 0 aliphatic heterocycles. The monoisotopic (exact) mass is 503 g/mol. The fraction of sp³-hybridized carbons (Fsp3) is 0.238. The number of phenols is 1. The molecule has 160 valence electrons. The summed E-state index contributed by atoms with van der Waals surface area (Å²) in [6.07, 6.45) is 6.66. The number of nitro groups is 1. The number of thiophene rings is 1. The van der Waals surface area contributed by atoms with Crippen LogP contribution >= 0.6 is 27.3 Å². The first-order valence-corrected chi connectivity index (χ1v) is 11.2. The summed E-state index contributed by atoms with van der Waals surface area (Å²) < 4.78 is 5.47. The average Bonchev–Trinajstić information content (AvgIpc) is 3.40. The number of rotatable bonds is 6. The van der Waals surface area contributed by atoms with Crippen LogP contribution in [-0.4, -0.2) is 22.2 Å². The summed E-state index contributed by atoms with van der Waals surface area (Å²) in [6.45, 7) is 0.262. The Morgan fingerprint density at radius 2 is 2.19 bits per heavy atom. The number of phenolic OH excluding ortho intramolecular Hbond substituents is 1. The lowest BCUT2D eigenvalue weighted by atomic mass is 9.95. The van der Waals surface area contributed by atoms with Gasteiger partial charge in [0.1, 0.15) is 16.5 Å². The molecule has 3 aromatic rings. The molecular weight excluding hydrogens is 486 g/mol. The smallest absolute Gasteiger partial charge is 0.271 e. The zero-order valence-corrected chi connectivity index (χ0v) is 18.7. The van der Waals surface area contributed by atoms with Gasteiger partial charge in [-0.1, -0.05) is 0 Å². The number of amides is 1. The van der Waals surface area contributed by atoms with E-state index in [1.807, 2.05) is 0 Å². The second kappa shape index (κ2) is 9.03. The number of benzene rings is 1. The van der Waals surface area contributed by atoms with Crippen LogP contribution in [0.2, 0.25) is 0 Å². The second-order valence-corrected chi connectivity index (χ2v) is 8.97. The van der Waals surface area contributed by atoms with Gasteiger partial charge < -0.3 is 14.8 Å². The third-order valence-corrected chi connectivity index (χ3v) is 6.80. The van der Waals surface area contributed by atoms with Gasteiger partial charge in [0.2, 0.25) is 0 Å². The highest BCUT2D eigenvalue weighted by molar-refractivity contribution is 9.10. The molecule has 2 N–H and O–H groups in total. The summed E-state index contributed by atoms with van der Waals surface area (Å²) in [6, 6.07) is 6.01. The Hall–Kier alpha value is -2.98. The number of fused-ring (bicyclic) bond motifs is 1. The van der Waals surface area contributed by atoms with Gasteiger partial charge in [0.25, 0.3) is 11.6 Å². The maximum atomic E-state index is 13.0. The summed E-state index contributed by atoms with van der Waals surface area (Å²) >= 11 is 4.57. The standard InChI is InChI=1S/C21H18BrN3O5S/c22-16-9-13(25(28)29)8-12(19(16)26)10-24-21-18(15-5-1-2-6-17(15)31-21)20(27)23-11-14-4-3-7-30-14/h3-4,7-10,26H,1-2,5-6,11H2,(H,23,27). The minimum Gasteiger partial charge on any atom is -0.506 e. The molecule has 31 heavy (non-hydrogen) atoms. The molecule has 0 radical (unpaired) electrons. The van der Waals surface area contributed by atoms with Crippen molar-refractivity contribution < 1.29 is 19.2 Å². The fourth-order valence-electron chi connectivity index (χ4n) is 3.48. The number of hydrogen-bond donors (Lipinski definition) is 2. The van der Waals surface area contributed by atoms with Crippen LogP contribution in [0.4, 0.5) is 10.7 Å². The number of hydrogen-bond acceptors (Lipinski definition) is 7. The van der Waals surface area contributed by atoms with Crippen LogP contribution in [0.3, 0.4) is 0 Å². The summed E-state index contributed by atoms with van der Waals surface area (Å²) in [5.41, 5.74) is 1.54. The normalized spacial score (nSPS) is 13.3. The first kappa shape index (κ1) is 21.3. The maximum Gasteiger partial charge on any atom is 0.271 e. The summed E-state index contributed by atoms with van der Waals surface area (Å²) in [5, 5.41) is 24.8. The zero-order valence-electron chi connectivity index (χ0n) is 16.3. The van der Waals surface area contributed by atoms with Crippen LogP contribution in [0.5, 0.6) is 5.75 Å². The van der Waals surface area contributed by atoms with Gasteiger partial charge in [0.15, 0.2) is 0 Å². The highest BCUT2D eigenvalue weighted by Crippen LogP contribution is 2.40. The third-order valence-electron chi connectivity index (χ3n) is 4.99. The van der Waals surface area contributed by atoms with E-state index in [0.29, 0.717) is 16.3 Å². The van der Waals surface area contributed by atoms with E-state index in [0.717, 1.165) is 36.1 Å². The number of nitrogens with zero attached hydrogens (tertiary/aromatic N) is 2. The Balaban J connectivity index is 1.68. The van der Waals surface area contributed by atoms with Crippen molar-refractivity contribution in [2.45, 2.75) is 32.2 Å². The van der Waals surface area contributed by atoms with E-state index in [4.69, 9.17) is 4.42 Å². The van der Waals surface area contributed by atoms with Gasteiger partial charge in [-0.3, -0.25) is 14.9 Å². The molecular formula is C21H18BrN3O5S. The number of aliphatic imine (C=N–C) groups is 1. The molecule has 0 saturated heterocycles. The van der Waals surface area contributed by atoms with E-state index < -0.39 is 4.92 Å². The molecule has 0 saturated carbocycles. The van der Waals surface area contributed by atoms with Crippen LogP contribution in [0.15, 0.2) is 44.4 Å². The molecule has 1 aliphatic carbocycles. The molecule has 0 atom stereocenters. The predicted molar refractivity (Wildman–Crippen MR) is 121 cm³/mol. The molecule has 0 bridgehead atoms. The molecule has 4 rings (SSSR count). The second-order valence-electron chi connectivity index (χ2n) is 7.03. The van der Waals surface area contributed by atoms with Gasteiger partial charge in [-0.15, -0.1) is 11.3 Å². The quantitative estimate of drug-likeness (QED) is 0.269. The van der Waals surface area contributed by atoms with Gasteiger partial charge in [-0.05, 0) is 59.3 Å². The van der Waals surface area contributed by atoms with Crippen molar-refractivity contribution in [1.82, 2.24) is 5.32 Å². The molecule has 1 amide bonds. The number of furan rings is 1. The van der Waals surface area contributed by atoms with Crippen molar-refractivity contribution in [3.63, 3.8) is 0 Å². The van der Waals surface area contributed by atoms with Crippen LogP contribution < -0.4 is 5.32 Å². The maximum absolute atomic E-state index is 13.0. The van der Waals surface area contributed by atoms with Crippen molar-refractivity contribution in [3.8, 4) is 5.75 Å². The highest BCUT2D eigenvalue weighted by Gasteiger charge is 2.25. The lowest BCUT2D eigenvalue weighted by Gasteiger charge is -2.12. The number of carbonyl (C=O) groups is 1. The average molecular weight is 504 g/mol. The van der Waals surface area contributed by atoms with Crippen LogP contribution in [0.1, 0.15) is 45.0 Å². The van der Waals surface area contributed by atoms with Crippen molar-refractivity contribution >= 4 is 50.1 Å². The van der Waals surface area contributed by atoms with Crippen LogP contribution in [0.25, 0.3) is 0 Å². The number of nitrogens with one attached hydrogen (secondary N) is 1. The van der Waals surface area contributed by atoms with Crippen molar-refractivity contribution in [3.05, 3.63) is 72.4 Å². The SMILES string of the molecule is O=C(NCc1ccco1)c1c(N=Cc2cc([N+](=O)[O-])cc(Br)c2O)sc2c1CCCC2. The summed E-state index contributed by atoms with van der Waals surface area (Å²) in [5.74, 6) is 0.251. The van der Waals surface area contributed by atoms with Gasteiger partial charge >= 0.3 is 0 Å². The molecule has 1 aliphatic rings. The van der Waals surface area contributed by atoms with E-state index in [-0.39, 0.29) is 33.9 Å². The molecule has 1 aromatic carbocycles. The molecule has 0 spiro atoms. The molecule has 8 nitrogen and oxygen atoms in total. The minimum absolute atomic E-state index is 0.153. The largest absolute Gasteiger partial charge is 0.506 e. The zero-order chi connectivity index (χ0) is 22.0. The van der Waals surface area contributed by atoms with Crippen LogP contribution in [0, 0.1) is 10.1 Å². The van der Waals surface area contributed by atoms with Crippen molar-refractivity contribution in [1.29, 1.82) is 0 Å².